The smallest absolute Gasteiger partial charge is 0.128 e. The maximum absolute atomic E-state index is 4.74. The van der Waals surface area contributed by atoms with Gasteiger partial charge >= 0.3 is 0 Å². The zero-order valence-corrected chi connectivity index (χ0v) is 6.66. The second kappa shape index (κ2) is 2.66. The van der Waals surface area contributed by atoms with Crippen LogP contribution in [0.1, 0.15) is 18.4 Å². The number of nitrogens with zero attached hydrogens (tertiary/aromatic N) is 2. The molecule has 0 radical (unpaired) electrons. The van der Waals surface area contributed by atoms with Gasteiger partial charge in [-0.15, -0.1) is 0 Å². The average Bonchev–Trinajstić information content (AvgIpc) is 2.73. The highest BCUT2D eigenvalue weighted by atomic mass is 16.5. The maximum atomic E-state index is 4.74. The fourth-order valence-corrected chi connectivity index (χ4v) is 1.24. The Balaban J connectivity index is 1.89. The van der Waals surface area contributed by atoms with Crippen LogP contribution in [0.25, 0.3) is 0 Å². The van der Waals surface area contributed by atoms with E-state index in [4.69, 9.17) is 4.52 Å². The summed E-state index contributed by atoms with van der Waals surface area (Å²) in [6, 6.07) is 0.810. The lowest BCUT2D eigenvalue weighted by molar-refractivity contribution is 0.315. The summed E-state index contributed by atoms with van der Waals surface area (Å²) >= 11 is 0. The molecule has 11 heavy (non-hydrogen) atoms. The van der Waals surface area contributed by atoms with Crippen molar-refractivity contribution < 1.29 is 4.52 Å². The summed E-state index contributed by atoms with van der Waals surface area (Å²) in [5.41, 5.74) is 1.17. The topological polar surface area (TPSA) is 29.3 Å². The van der Waals surface area contributed by atoms with E-state index in [2.05, 4.69) is 17.1 Å². The van der Waals surface area contributed by atoms with Crippen molar-refractivity contribution in [2.24, 2.45) is 0 Å². The second-order valence-electron chi connectivity index (χ2n) is 3.18. The van der Waals surface area contributed by atoms with Crippen molar-refractivity contribution in [2.75, 3.05) is 7.05 Å². The number of hydrogen-bond acceptors (Lipinski definition) is 3. The van der Waals surface area contributed by atoms with E-state index in [1.54, 1.807) is 12.5 Å². The van der Waals surface area contributed by atoms with Crippen molar-refractivity contribution in [2.45, 2.75) is 25.4 Å². The molecule has 0 saturated heterocycles. The SMILES string of the molecule is CN(Cc1cnoc1)C1CC1. The Morgan fingerprint density at radius 3 is 3.09 bits per heavy atom. The molecule has 1 aliphatic carbocycles. The summed E-state index contributed by atoms with van der Waals surface area (Å²) in [5, 5.41) is 3.65. The molecule has 3 heteroatoms. The van der Waals surface area contributed by atoms with Crippen molar-refractivity contribution in [1.82, 2.24) is 10.1 Å². The molecule has 1 aromatic rings. The van der Waals surface area contributed by atoms with Crippen LogP contribution in [0.3, 0.4) is 0 Å². The van der Waals surface area contributed by atoms with Crippen LogP contribution in [0, 0.1) is 0 Å². The Hall–Kier alpha value is -0.830. The van der Waals surface area contributed by atoms with Gasteiger partial charge in [0.25, 0.3) is 0 Å². The van der Waals surface area contributed by atoms with Crippen LogP contribution in [-0.4, -0.2) is 23.1 Å². The largest absolute Gasteiger partial charge is 0.364 e. The number of aromatic nitrogens is 1. The molecule has 0 N–H and O–H groups in total. The van der Waals surface area contributed by atoms with Crippen molar-refractivity contribution in [3.63, 3.8) is 0 Å². The van der Waals surface area contributed by atoms with Gasteiger partial charge in [-0.2, -0.15) is 0 Å². The fourth-order valence-electron chi connectivity index (χ4n) is 1.24. The second-order valence-corrected chi connectivity index (χ2v) is 3.18. The van der Waals surface area contributed by atoms with E-state index in [0.717, 1.165) is 12.6 Å². The third-order valence-corrected chi connectivity index (χ3v) is 2.09. The summed E-state index contributed by atoms with van der Waals surface area (Å²) in [5.74, 6) is 0. The zero-order chi connectivity index (χ0) is 7.68. The molecular weight excluding hydrogens is 140 g/mol. The molecule has 1 aromatic heterocycles. The molecule has 0 bridgehead atoms. The van der Waals surface area contributed by atoms with E-state index in [1.165, 1.54) is 18.4 Å². The number of hydrogen-bond donors (Lipinski definition) is 0. The Kier molecular flexibility index (Phi) is 1.66. The minimum atomic E-state index is 0.810. The highest BCUT2D eigenvalue weighted by Gasteiger charge is 2.25. The van der Waals surface area contributed by atoms with Crippen LogP contribution in [-0.2, 0) is 6.54 Å². The molecule has 1 saturated carbocycles. The Labute approximate surface area is 66.0 Å². The zero-order valence-electron chi connectivity index (χ0n) is 6.66. The molecule has 2 rings (SSSR count). The van der Waals surface area contributed by atoms with E-state index in [-0.39, 0.29) is 0 Å². The van der Waals surface area contributed by atoms with Crippen LogP contribution in [0.5, 0.6) is 0 Å². The van der Waals surface area contributed by atoms with Gasteiger partial charge in [0.1, 0.15) is 6.26 Å². The van der Waals surface area contributed by atoms with Gasteiger partial charge in [0, 0.05) is 18.2 Å². The third-order valence-electron chi connectivity index (χ3n) is 2.09. The van der Waals surface area contributed by atoms with Crippen LogP contribution in [0.15, 0.2) is 17.0 Å². The molecule has 60 valence electrons. The molecular formula is C8H12N2O. The molecule has 0 atom stereocenters. The van der Waals surface area contributed by atoms with Crippen molar-refractivity contribution in [3.8, 4) is 0 Å². The van der Waals surface area contributed by atoms with Gasteiger partial charge in [0.05, 0.1) is 6.20 Å². The first-order chi connectivity index (χ1) is 5.36. The maximum Gasteiger partial charge on any atom is 0.128 e. The van der Waals surface area contributed by atoms with Gasteiger partial charge < -0.3 is 4.52 Å². The van der Waals surface area contributed by atoms with Gasteiger partial charge in [0.15, 0.2) is 0 Å². The quantitative estimate of drug-likeness (QED) is 0.653. The van der Waals surface area contributed by atoms with Crippen molar-refractivity contribution in [1.29, 1.82) is 0 Å². The van der Waals surface area contributed by atoms with Crippen LogP contribution < -0.4 is 0 Å². The number of rotatable bonds is 3. The molecule has 1 aliphatic rings. The van der Waals surface area contributed by atoms with Crippen LogP contribution >= 0.6 is 0 Å². The van der Waals surface area contributed by atoms with E-state index in [0.29, 0.717) is 0 Å². The lowest BCUT2D eigenvalue weighted by Gasteiger charge is -2.12. The van der Waals surface area contributed by atoms with Gasteiger partial charge in [-0.1, -0.05) is 5.16 Å². The van der Waals surface area contributed by atoms with E-state index in [9.17, 15) is 0 Å². The lowest BCUT2D eigenvalue weighted by atomic mass is 10.3. The van der Waals surface area contributed by atoms with Crippen LogP contribution in [0.4, 0.5) is 0 Å². The monoisotopic (exact) mass is 152 g/mol. The Bertz CT molecular complexity index is 216. The van der Waals surface area contributed by atoms with Gasteiger partial charge in [-0.25, -0.2) is 0 Å². The highest BCUT2D eigenvalue weighted by molar-refractivity contribution is 5.01. The molecule has 0 spiro atoms. The fraction of sp³-hybridized carbons (Fsp3) is 0.625. The van der Waals surface area contributed by atoms with E-state index >= 15 is 0 Å². The minimum absolute atomic E-state index is 0.810. The predicted molar refractivity (Wildman–Crippen MR) is 41.0 cm³/mol. The summed E-state index contributed by atoms with van der Waals surface area (Å²) in [7, 11) is 2.14. The minimum Gasteiger partial charge on any atom is -0.364 e. The Morgan fingerprint density at radius 2 is 2.55 bits per heavy atom. The average molecular weight is 152 g/mol. The molecule has 1 fully saturated rings. The lowest BCUT2D eigenvalue weighted by Crippen LogP contribution is -2.19. The molecule has 0 unspecified atom stereocenters. The van der Waals surface area contributed by atoms with Crippen molar-refractivity contribution in [3.05, 3.63) is 18.0 Å². The summed E-state index contributed by atoms with van der Waals surface area (Å²) in [6.07, 6.45) is 6.18. The first-order valence-corrected chi connectivity index (χ1v) is 3.95. The third kappa shape index (κ3) is 1.60. The van der Waals surface area contributed by atoms with Gasteiger partial charge in [0.2, 0.25) is 0 Å². The Morgan fingerprint density at radius 1 is 1.73 bits per heavy atom. The molecule has 0 amide bonds. The van der Waals surface area contributed by atoms with E-state index < -0.39 is 0 Å². The molecule has 0 aromatic carbocycles. The highest BCUT2D eigenvalue weighted by Crippen LogP contribution is 2.26. The molecule has 3 nitrogen and oxygen atoms in total. The van der Waals surface area contributed by atoms with Crippen molar-refractivity contribution >= 4 is 0 Å². The first kappa shape index (κ1) is 6.85. The van der Waals surface area contributed by atoms with Crippen LogP contribution in [0.2, 0.25) is 0 Å². The van der Waals surface area contributed by atoms with Gasteiger partial charge in [-0.05, 0) is 19.9 Å². The summed E-state index contributed by atoms with van der Waals surface area (Å²) in [4.78, 5) is 2.34. The van der Waals surface area contributed by atoms with E-state index in [1.807, 2.05) is 0 Å². The summed E-state index contributed by atoms with van der Waals surface area (Å²) < 4.78 is 4.74. The molecule has 1 heterocycles. The summed E-state index contributed by atoms with van der Waals surface area (Å²) in [6.45, 7) is 0.966. The predicted octanol–water partition coefficient (Wildman–Crippen LogP) is 1.27. The first-order valence-electron chi connectivity index (χ1n) is 3.95. The van der Waals surface area contributed by atoms with Gasteiger partial charge in [-0.3, -0.25) is 4.90 Å². The standard InChI is InChI=1S/C8H12N2O/c1-10(8-2-3-8)5-7-4-9-11-6-7/h4,6,8H,2-3,5H2,1H3. The normalized spacial score (nSPS) is 17.6. The molecule has 0 aliphatic heterocycles.